The Labute approximate surface area is 130 Å². The second-order valence-corrected chi connectivity index (χ2v) is 7.65. The van der Waals surface area contributed by atoms with Crippen molar-refractivity contribution < 1.29 is 4.74 Å². The van der Waals surface area contributed by atoms with E-state index >= 15 is 0 Å². The van der Waals surface area contributed by atoms with E-state index < -0.39 is 0 Å². The minimum absolute atomic E-state index is 0.482. The van der Waals surface area contributed by atoms with E-state index in [2.05, 4.69) is 49.9 Å². The minimum Gasteiger partial charge on any atom is -0.497 e. The van der Waals surface area contributed by atoms with Gasteiger partial charge in [-0.2, -0.15) is 0 Å². The van der Waals surface area contributed by atoms with E-state index in [-0.39, 0.29) is 0 Å². The van der Waals surface area contributed by atoms with Crippen molar-refractivity contribution in [2.75, 3.05) is 26.7 Å². The molecule has 0 bridgehead atoms. The smallest absolute Gasteiger partial charge is 0.118 e. The van der Waals surface area contributed by atoms with Crippen molar-refractivity contribution >= 4 is 0 Å². The first-order valence-electron chi connectivity index (χ1n) is 8.31. The molecule has 1 aliphatic heterocycles. The molecule has 1 aliphatic rings. The van der Waals surface area contributed by atoms with Gasteiger partial charge in [0.1, 0.15) is 5.75 Å². The van der Waals surface area contributed by atoms with Crippen molar-refractivity contribution in [3.63, 3.8) is 0 Å². The molecule has 0 unspecified atom stereocenters. The van der Waals surface area contributed by atoms with Gasteiger partial charge < -0.3 is 9.64 Å². The first-order valence-corrected chi connectivity index (χ1v) is 8.31. The fourth-order valence-corrected chi connectivity index (χ4v) is 3.36. The van der Waals surface area contributed by atoms with Gasteiger partial charge in [0.25, 0.3) is 0 Å². The van der Waals surface area contributed by atoms with Crippen molar-refractivity contribution in [1.82, 2.24) is 4.90 Å². The molecule has 0 saturated carbocycles. The van der Waals surface area contributed by atoms with Crippen molar-refractivity contribution in [1.29, 1.82) is 0 Å². The normalized spacial score (nSPS) is 17.9. The molecule has 1 saturated heterocycles. The zero-order valence-corrected chi connectivity index (χ0v) is 14.2. The Hall–Kier alpha value is -1.02. The first-order chi connectivity index (χ1) is 9.96. The van der Waals surface area contributed by atoms with Crippen LogP contribution in [0.2, 0.25) is 0 Å². The molecule has 2 heteroatoms. The standard InChI is InChI=1S/C19H31NO/c1-19(2,3)15-17-10-13-20(14-11-17)12-9-16-5-7-18(21-4)8-6-16/h5-8,17H,9-15H2,1-4H3. The second kappa shape index (κ2) is 7.31. The number of benzene rings is 1. The van der Waals surface area contributed by atoms with Crippen LogP contribution in [0.15, 0.2) is 24.3 Å². The Morgan fingerprint density at radius 3 is 2.24 bits per heavy atom. The molecule has 1 heterocycles. The van der Waals surface area contributed by atoms with Gasteiger partial charge in [0.2, 0.25) is 0 Å². The van der Waals surface area contributed by atoms with Gasteiger partial charge in [0.15, 0.2) is 0 Å². The summed E-state index contributed by atoms with van der Waals surface area (Å²) < 4.78 is 5.20. The van der Waals surface area contributed by atoms with Crippen LogP contribution in [-0.4, -0.2) is 31.6 Å². The van der Waals surface area contributed by atoms with Crippen LogP contribution in [0.5, 0.6) is 5.75 Å². The Morgan fingerprint density at radius 2 is 1.71 bits per heavy atom. The largest absolute Gasteiger partial charge is 0.497 e. The fraction of sp³-hybridized carbons (Fsp3) is 0.684. The summed E-state index contributed by atoms with van der Waals surface area (Å²) in [6.07, 6.45) is 5.27. The van der Waals surface area contributed by atoms with Crippen LogP contribution >= 0.6 is 0 Å². The maximum atomic E-state index is 5.20. The van der Waals surface area contributed by atoms with Crippen molar-refractivity contribution in [3.8, 4) is 5.75 Å². The minimum atomic E-state index is 0.482. The van der Waals surface area contributed by atoms with Crippen molar-refractivity contribution in [2.24, 2.45) is 11.3 Å². The quantitative estimate of drug-likeness (QED) is 0.797. The van der Waals surface area contributed by atoms with Crippen LogP contribution in [0, 0.1) is 11.3 Å². The number of ether oxygens (including phenoxy) is 1. The van der Waals surface area contributed by atoms with E-state index in [1.807, 2.05) is 0 Å². The highest BCUT2D eigenvalue weighted by atomic mass is 16.5. The topological polar surface area (TPSA) is 12.5 Å². The lowest BCUT2D eigenvalue weighted by Gasteiger charge is -2.35. The Balaban J connectivity index is 1.71. The zero-order valence-electron chi connectivity index (χ0n) is 14.2. The third-order valence-electron chi connectivity index (χ3n) is 4.48. The number of methoxy groups -OCH3 is 1. The molecule has 21 heavy (non-hydrogen) atoms. The van der Waals surface area contributed by atoms with Crippen LogP contribution in [0.3, 0.4) is 0 Å². The lowest BCUT2D eigenvalue weighted by atomic mass is 9.80. The van der Waals surface area contributed by atoms with E-state index in [0.29, 0.717) is 5.41 Å². The van der Waals surface area contributed by atoms with Crippen LogP contribution in [0.1, 0.15) is 45.6 Å². The number of rotatable bonds is 5. The van der Waals surface area contributed by atoms with Gasteiger partial charge in [-0.05, 0) is 67.8 Å². The Morgan fingerprint density at radius 1 is 1.10 bits per heavy atom. The predicted molar refractivity (Wildman–Crippen MR) is 89.9 cm³/mol. The number of hydrogen-bond acceptors (Lipinski definition) is 2. The molecule has 1 fully saturated rings. The van der Waals surface area contributed by atoms with Gasteiger partial charge in [-0.3, -0.25) is 0 Å². The summed E-state index contributed by atoms with van der Waals surface area (Å²) in [5.41, 5.74) is 1.89. The molecule has 118 valence electrons. The van der Waals surface area contributed by atoms with E-state index in [1.165, 1.54) is 44.5 Å². The van der Waals surface area contributed by atoms with Crippen molar-refractivity contribution in [2.45, 2.75) is 46.5 Å². The summed E-state index contributed by atoms with van der Waals surface area (Å²) in [7, 11) is 1.72. The van der Waals surface area contributed by atoms with E-state index in [1.54, 1.807) is 7.11 Å². The van der Waals surface area contributed by atoms with Gasteiger partial charge in [-0.25, -0.2) is 0 Å². The summed E-state index contributed by atoms with van der Waals surface area (Å²) in [4.78, 5) is 2.63. The van der Waals surface area contributed by atoms with Crippen LogP contribution in [0.25, 0.3) is 0 Å². The number of nitrogens with zero attached hydrogens (tertiary/aromatic N) is 1. The summed E-state index contributed by atoms with van der Waals surface area (Å²) in [6, 6.07) is 8.49. The lowest BCUT2D eigenvalue weighted by Crippen LogP contribution is -2.36. The van der Waals surface area contributed by atoms with Gasteiger partial charge in [-0.15, -0.1) is 0 Å². The highest BCUT2D eigenvalue weighted by molar-refractivity contribution is 5.27. The summed E-state index contributed by atoms with van der Waals surface area (Å²) in [5.74, 6) is 1.88. The summed E-state index contributed by atoms with van der Waals surface area (Å²) in [5, 5.41) is 0. The number of likely N-dealkylation sites (tertiary alicyclic amines) is 1. The molecule has 2 rings (SSSR count). The average Bonchev–Trinajstić information content (AvgIpc) is 2.45. The Bertz CT molecular complexity index is 410. The first kappa shape index (κ1) is 16.4. The average molecular weight is 289 g/mol. The molecular formula is C19H31NO. The molecule has 1 aromatic carbocycles. The summed E-state index contributed by atoms with van der Waals surface area (Å²) in [6.45, 7) is 10.8. The number of piperidine rings is 1. The highest BCUT2D eigenvalue weighted by Crippen LogP contribution is 2.30. The van der Waals surface area contributed by atoms with E-state index in [4.69, 9.17) is 4.74 Å². The highest BCUT2D eigenvalue weighted by Gasteiger charge is 2.23. The molecule has 0 amide bonds. The second-order valence-electron chi connectivity index (χ2n) is 7.65. The molecule has 0 atom stereocenters. The predicted octanol–water partition coefficient (Wildman–Crippen LogP) is 4.39. The molecule has 0 spiro atoms. The third kappa shape index (κ3) is 5.70. The van der Waals surface area contributed by atoms with E-state index in [0.717, 1.165) is 18.1 Å². The number of hydrogen-bond donors (Lipinski definition) is 0. The molecule has 0 aromatic heterocycles. The molecule has 0 radical (unpaired) electrons. The molecular weight excluding hydrogens is 258 g/mol. The third-order valence-corrected chi connectivity index (χ3v) is 4.48. The maximum Gasteiger partial charge on any atom is 0.118 e. The van der Waals surface area contributed by atoms with Gasteiger partial charge in [0, 0.05) is 6.54 Å². The zero-order chi connectivity index (χ0) is 15.3. The Kier molecular flexibility index (Phi) is 5.69. The van der Waals surface area contributed by atoms with Crippen LogP contribution < -0.4 is 4.74 Å². The fourth-order valence-electron chi connectivity index (χ4n) is 3.36. The van der Waals surface area contributed by atoms with Gasteiger partial charge in [-0.1, -0.05) is 32.9 Å². The van der Waals surface area contributed by atoms with Crippen molar-refractivity contribution in [3.05, 3.63) is 29.8 Å². The molecule has 0 N–H and O–H groups in total. The van der Waals surface area contributed by atoms with Crippen LogP contribution in [0.4, 0.5) is 0 Å². The van der Waals surface area contributed by atoms with Crippen LogP contribution in [-0.2, 0) is 6.42 Å². The molecule has 2 nitrogen and oxygen atoms in total. The maximum absolute atomic E-state index is 5.20. The van der Waals surface area contributed by atoms with E-state index in [9.17, 15) is 0 Å². The summed E-state index contributed by atoms with van der Waals surface area (Å²) >= 11 is 0. The lowest BCUT2D eigenvalue weighted by molar-refractivity contribution is 0.154. The van der Waals surface area contributed by atoms with Gasteiger partial charge >= 0.3 is 0 Å². The molecule has 1 aromatic rings. The monoisotopic (exact) mass is 289 g/mol. The molecule has 0 aliphatic carbocycles. The SMILES string of the molecule is COc1ccc(CCN2CCC(CC(C)(C)C)CC2)cc1. The van der Waals surface area contributed by atoms with Gasteiger partial charge in [0.05, 0.1) is 7.11 Å².